The number of aromatic amines is 1. The molecule has 0 saturated carbocycles. The second-order valence-electron chi connectivity index (χ2n) is 7.85. The Labute approximate surface area is 220 Å². The van der Waals surface area contributed by atoms with Crippen LogP contribution in [0.2, 0.25) is 0 Å². The number of H-pyrrole nitrogens is 1. The van der Waals surface area contributed by atoms with Crippen LogP contribution < -0.4 is 14.4 Å². The summed E-state index contributed by atoms with van der Waals surface area (Å²) in [5.74, 6) is 0.139. The number of anilines is 1. The highest BCUT2D eigenvalue weighted by Crippen LogP contribution is 2.34. The van der Waals surface area contributed by atoms with Crippen LogP contribution in [0.15, 0.2) is 41.9 Å². The van der Waals surface area contributed by atoms with E-state index in [0.717, 1.165) is 24.3 Å². The Bertz CT molecular complexity index is 1350. The second kappa shape index (κ2) is 11.4. The van der Waals surface area contributed by atoms with Crippen LogP contribution in [0.5, 0.6) is 11.5 Å². The predicted molar refractivity (Wildman–Crippen MR) is 129 cm³/mol. The number of hydrogen-bond acceptors (Lipinski definition) is 10. The standard InChI is InChI=1S/C21H18F5N7O3S2/c22-20(23,24)10-21(25,26)36-13-3-1-12(2-4-13)35-19(34)33(9-14(37)5-7-16-29-31-32-30-16)17-8-6-15-18(28-17)38-11-27-15/h1-4,6,8,11,14,37H,5,7,9-10H2,(H,29,30,31,32). The molecule has 1 N–H and O–H groups in total. The third kappa shape index (κ3) is 7.70. The smallest absolute Gasteiger partial charge is 0.420 e. The molecule has 0 saturated heterocycles. The fourth-order valence-electron chi connectivity index (χ4n) is 3.21. The van der Waals surface area contributed by atoms with Crippen LogP contribution in [-0.2, 0) is 6.42 Å². The number of pyridine rings is 1. The van der Waals surface area contributed by atoms with E-state index in [1.165, 1.54) is 16.2 Å². The summed E-state index contributed by atoms with van der Waals surface area (Å²) in [4.78, 5) is 23.6. The minimum Gasteiger partial charge on any atom is -0.432 e. The number of ether oxygens (including phenoxy) is 2. The van der Waals surface area contributed by atoms with Crippen LogP contribution in [0.3, 0.4) is 0 Å². The lowest BCUT2D eigenvalue weighted by atomic mass is 10.2. The van der Waals surface area contributed by atoms with Crippen molar-refractivity contribution in [1.82, 2.24) is 30.6 Å². The van der Waals surface area contributed by atoms with E-state index in [0.29, 0.717) is 29.0 Å². The van der Waals surface area contributed by atoms with Crippen molar-refractivity contribution in [2.75, 3.05) is 11.4 Å². The molecule has 1 aromatic carbocycles. The zero-order valence-corrected chi connectivity index (χ0v) is 20.8. The van der Waals surface area contributed by atoms with Gasteiger partial charge in [-0.05, 0) is 42.8 Å². The maximum absolute atomic E-state index is 13.5. The van der Waals surface area contributed by atoms with Gasteiger partial charge in [0.05, 0.1) is 5.51 Å². The lowest BCUT2D eigenvalue weighted by Crippen LogP contribution is -2.38. The predicted octanol–water partition coefficient (Wildman–Crippen LogP) is 5.07. The molecule has 0 spiro atoms. The molecule has 3 aromatic heterocycles. The zero-order chi connectivity index (χ0) is 27.3. The van der Waals surface area contributed by atoms with E-state index in [1.54, 1.807) is 17.6 Å². The van der Waals surface area contributed by atoms with Crippen molar-refractivity contribution in [2.45, 2.75) is 36.8 Å². The van der Waals surface area contributed by atoms with Crippen LogP contribution in [-0.4, -0.2) is 60.8 Å². The normalized spacial score (nSPS) is 12.9. The van der Waals surface area contributed by atoms with Gasteiger partial charge in [0.2, 0.25) is 0 Å². The number of hydrogen-bond donors (Lipinski definition) is 2. The van der Waals surface area contributed by atoms with E-state index < -0.39 is 30.5 Å². The summed E-state index contributed by atoms with van der Waals surface area (Å²) in [5, 5.41) is 13.2. The van der Waals surface area contributed by atoms with Crippen molar-refractivity contribution in [2.24, 2.45) is 0 Å². The van der Waals surface area contributed by atoms with E-state index in [4.69, 9.17) is 4.74 Å². The molecule has 0 radical (unpaired) electrons. The Balaban J connectivity index is 1.46. The van der Waals surface area contributed by atoms with Gasteiger partial charge in [0.1, 0.15) is 34.1 Å². The number of nitrogens with zero attached hydrogens (tertiary/aromatic N) is 6. The van der Waals surface area contributed by atoms with Gasteiger partial charge in [0.25, 0.3) is 0 Å². The van der Waals surface area contributed by atoms with Gasteiger partial charge in [-0.3, -0.25) is 4.90 Å². The number of thiol groups is 1. The van der Waals surface area contributed by atoms with E-state index in [2.05, 4.69) is 48.0 Å². The highest BCUT2D eigenvalue weighted by molar-refractivity contribution is 7.81. The Hall–Kier alpha value is -3.60. The number of rotatable bonds is 10. The van der Waals surface area contributed by atoms with E-state index in [9.17, 15) is 26.7 Å². The minimum atomic E-state index is -5.12. The Morgan fingerprint density at radius 3 is 2.53 bits per heavy atom. The van der Waals surface area contributed by atoms with Gasteiger partial charge < -0.3 is 9.47 Å². The Morgan fingerprint density at radius 2 is 1.84 bits per heavy atom. The number of thiazole rings is 1. The molecule has 4 aromatic rings. The molecule has 202 valence electrons. The molecule has 1 amide bonds. The SMILES string of the molecule is O=C(Oc1ccc(OC(F)(F)CC(F)(F)F)cc1)N(CC(S)CCc1nn[nH]n1)c1ccc2ncsc2n1. The first-order valence-electron chi connectivity index (χ1n) is 10.8. The van der Waals surface area contributed by atoms with Crippen molar-refractivity contribution in [3.8, 4) is 11.5 Å². The van der Waals surface area contributed by atoms with Crippen LogP contribution in [0.25, 0.3) is 10.3 Å². The van der Waals surface area contributed by atoms with E-state index in [1.807, 2.05) is 0 Å². The number of tetrazole rings is 1. The molecule has 0 aliphatic rings. The first-order valence-corrected chi connectivity index (χ1v) is 12.2. The minimum absolute atomic E-state index is 0.0622. The van der Waals surface area contributed by atoms with Gasteiger partial charge in [0.15, 0.2) is 5.82 Å². The molecule has 1 unspecified atom stereocenters. The third-order valence-corrected chi connectivity index (χ3v) is 6.02. The fourth-order valence-corrected chi connectivity index (χ4v) is 4.16. The highest BCUT2D eigenvalue weighted by atomic mass is 32.1. The summed E-state index contributed by atoms with van der Waals surface area (Å²) in [6.07, 6.45) is -12.0. The van der Waals surface area contributed by atoms with Crippen molar-refractivity contribution < 1.29 is 36.2 Å². The first-order chi connectivity index (χ1) is 18.0. The fraction of sp³-hybridized carbons (Fsp3) is 0.333. The highest BCUT2D eigenvalue weighted by Gasteiger charge is 2.45. The lowest BCUT2D eigenvalue weighted by Gasteiger charge is -2.24. The molecule has 0 fully saturated rings. The van der Waals surface area contributed by atoms with Gasteiger partial charge >= 0.3 is 18.4 Å². The number of halogens is 5. The summed E-state index contributed by atoms with van der Waals surface area (Å²) in [7, 11) is 0. The number of amides is 1. The topological polar surface area (TPSA) is 119 Å². The van der Waals surface area contributed by atoms with Crippen LogP contribution in [0, 0.1) is 0 Å². The largest absolute Gasteiger partial charge is 0.432 e. The van der Waals surface area contributed by atoms with Gasteiger partial charge in [-0.1, -0.05) is 5.21 Å². The summed E-state index contributed by atoms with van der Waals surface area (Å²) in [6, 6.07) is 7.43. The molecule has 10 nitrogen and oxygen atoms in total. The summed E-state index contributed by atoms with van der Waals surface area (Å²) >= 11 is 5.83. The third-order valence-electron chi connectivity index (χ3n) is 4.86. The van der Waals surface area contributed by atoms with Gasteiger partial charge in [-0.2, -0.15) is 39.8 Å². The number of alkyl halides is 5. The molecular formula is C21H18F5N7O3S2. The number of fused-ring (bicyclic) bond motifs is 1. The van der Waals surface area contributed by atoms with Crippen molar-refractivity contribution >= 4 is 46.2 Å². The molecule has 0 aliphatic heterocycles. The number of benzene rings is 1. The molecular weight excluding hydrogens is 557 g/mol. The summed E-state index contributed by atoms with van der Waals surface area (Å²) in [6.45, 7) is 0.0714. The number of carbonyl (C=O) groups is 1. The number of carbonyl (C=O) groups excluding carboxylic acids is 1. The maximum Gasteiger partial charge on any atom is 0.420 e. The van der Waals surface area contributed by atoms with Gasteiger partial charge in [-0.15, -0.1) is 21.5 Å². The molecule has 0 aliphatic carbocycles. The van der Waals surface area contributed by atoms with Crippen molar-refractivity contribution in [3.05, 3.63) is 47.7 Å². The van der Waals surface area contributed by atoms with E-state index in [-0.39, 0.29) is 23.4 Å². The van der Waals surface area contributed by atoms with Crippen molar-refractivity contribution in [1.29, 1.82) is 0 Å². The first kappa shape index (κ1) is 27.4. The monoisotopic (exact) mass is 575 g/mol. The summed E-state index contributed by atoms with van der Waals surface area (Å²) in [5.41, 5.74) is 2.25. The molecule has 17 heteroatoms. The zero-order valence-electron chi connectivity index (χ0n) is 19.1. The lowest BCUT2D eigenvalue weighted by molar-refractivity contribution is -0.255. The van der Waals surface area contributed by atoms with Gasteiger partial charge in [-0.25, -0.2) is 14.8 Å². The number of nitrogens with one attached hydrogen (secondary N) is 1. The molecule has 0 bridgehead atoms. The van der Waals surface area contributed by atoms with Crippen molar-refractivity contribution in [3.63, 3.8) is 0 Å². The van der Waals surface area contributed by atoms with Gasteiger partial charge in [0, 0.05) is 18.2 Å². The van der Waals surface area contributed by atoms with Crippen LogP contribution in [0.4, 0.5) is 32.6 Å². The number of aromatic nitrogens is 6. The number of aryl methyl sites for hydroxylation is 1. The van der Waals surface area contributed by atoms with E-state index >= 15 is 0 Å². The van der Waals surface area contributed by atoms with Crippen LogP contribution >= 0.6 is 24.0 Å². The molecule has 1 atom stereocenters. The average molecular weight is 576 g/mol. The second-order valence-corrected chi connectivity index (χ2v) is 9.41. The quantitative estimate of drug-likeness (QED) is 0.199. The molecule has 3 heterocycles. The Kier molecular flexibility index (Phi) is 8.25. The average Bonchev–Trinajstić information content (AvgIpc) is 3.52. The Morgan fingerprint density at radius 1 is 1.11 bits per heavy atom. The summed E-state index contributed by atoms with van der Waals surface area (Å²) < 4.78 is 73.5. The maximum atomic E-state index is 13.5. The molecule has 38 heavy (non-hydrogen) atoms. The van der Waals surface area contributed by atoms with Crippen LogP contribution in [0.1, 0.15) is 18.7 Å². The molecule has 4 rings (SSSR count).